The number of hydrogen-bond acceptors (Lipinski definition) is 4. The van der Waals surface area contributed by atoms with E-state index in [1.807, 2.05) is 12.3 Å². The number of nitrogens with zero attached hydrogens (tertiary/aromatic N) is 1. The summed E-state index contributed by atoms with van der Waals surface area (Å²) in [6.45, 7) is 0. The van der Waals surface area contributed by atoms with Crippen LogP contribution >= 0.6 is 11.8 Å². The predicted molar refractivity (Wildman–Crippen MR) is 88.2 cm³/mol. The molecule has 0 saturated heterocycles. The van der Waals surface area contributed by atoms with E-state index < -0.39 is 0 Å². The van der Waals surface area contributed by atoms with Crippen LogP contribution in [-0.4, -0.2) is 11.2 Å². The Morgan fingerprint density at radius 2 is 2.14 bits per heavy atom. The van der Waals surface area contributed by atoms with E-state index >= 15 is 0 Å². The first kappa shape index (κ1) is 14.6. The Morgan fingerprint density at radius 1 is 1.29 bits per heavy atom. The highest BCUT2D eigenvalue weighted by Crippen LogP contribution is 2.41. The lowest BCUT2D eigenvalue weighted by atomic mass is 9.80. The van der Waals surface area contributed by atoms with Crippen molar-refractivity contribution in [1.29, 1.82) is 0 Å². The van der Waals surface area contributed by atoms with Crippen LogP contribution in [0.5, 0.6) is 0 Å². The zero-order valence-corrected chi connectivity index (χ0v) is 13.1. The summed E-state index contributed by atoms with van der Waals surface area (Å²) in [5.74, 6) is 6.27. The molecule has 1 heterocycles. The van der Waals surface area contributed by atoms with Crippen molar-refractivity contribution in [3.05, 3.63) is 59.4 Å². The molecule has 21 heavy (non-hydrogen) atoms. The van der Waals surface area contributed by atoms with E-state index in [1.165, 1.54) is 28.1 Å². The van der Waals surface area contributed by atoms with Gasteiger partial charge < -0.3 is 0 Å². The first-order valence-electron chi connectivity index (χ1n) is 7.38. The Morgan fingerprint density at radius 3 is 2.95 bits per heavy atom. The molecule has 1 aliphatic rings. The Kier molecular flexibility index (Phi) is 4.58. The molecule has 3 nitrogen and oxygen atoms in total. The monoisotopic (exact) mass is 299 g/mol. The maximum Gasteiger partial charge on any atom is 0.0554 e. The zero-order chi connectivity index (χ0) is 14.7. The molecular weight excluding hydrogens is 278 g/mol. The Balaban J connectivity index is 2.01. The van der Waals surface area contributed by atoms with Gasteiger partial charge in [-0.2, -0.15) is 0 Å². The van der Waals surface area contributed by atoms with Crippen molar-refractivity contribution in [2.75, 3.05) is 6.26 Å². The van der Waals surface area contributed by atoms with Crippen molar-refractivity contribution in [1.82, 2.24) is 10.4 Å². The van der Waals surface area contributed by atoms with Gasteiger partial charge in [-0.15, -0.1) is 11.8 Å². The minimum Gasteiger partial charge on any atom is -0.271 e. The third-order valence-electron chi connectivity index (χ3n) is 4.29. The second-order valence-electron chi connectivity index (χ2n) is 5.43. The highest BCUT2D eigenvalue weighted by molar-refractivity contribution is 7.98. The molecule has 3 N–H and O–H groups in total. The van der Waals surface area contributed by atoms with E-state index in [0.29, 0.717) is 5.92 Å². The van der Waals surface area contributed by atoms with Gasteiger partial charge in [-0.1, -0.05) is 24.3 Å². The molecular formula is C17H21N3S. The van der Waals surface area contributed by atoms with Crippen molar-refractivity contribution in [3.63, 3.8) is 0 Å². The summed E-state index contributed by atoms with van der Waals surface area (Å²) in [6.07, 6.45) is 7.45. The van der Waals surface area contributed by atoms with Gasteiger partial charge in [0.15, 0.2) is 0 Å². The topological polar surface area (TPSA) is 50.9 Å². The van der Waals surface area contributed by atoms with Gasteiger partial charge in [-0.25, -0.2) is 0 Å². The van der Waals surface area contributed by atoms with Crippen LogP contribution < -0.4 is 11.3 Å². The van der Waals surface area contributed by atoms with E-state index in [-0.39, 0.29) is 6.04 Å². The van der Waals surface area contributed by atoms with Gasteiger partial charge in [0.1, 0.15) is 0 Å². The summed E-state index contributed by atoms with van der Waals surface area (Å²) in [7, 11) is 0. The van der Waals surface area contributed by atoms with Gasteiger partial charge in [0.05, 0.1) is 6.04 Å². The first-order valence-corrected chi connectivity index (χ1v) is 8.60. The number of nitrogens with one attached hydrogen (secondary N) is 1. The van der Waals surface area contributed by atoms with Crippen LogP contribution in [0.15, 0.2) is 47.5 Å². The highest BCUT2D eigenvalue weighted by atomic mass is 32.2. The van der Waals surface area contributed by atoms with Crippen LogP contribution in [0.25, 0.3) is 0 Å². The summed E-state index contributed by atoms with van der Waals surface area (Å²) in [4.78, 5) is 5.93. The number of pyridine rings is 1. The smallest absolute Gasteiger partial charge is 0.0554 e. The standard InChI is InChI=1S/C17H21N3S/c1-21-15-10-3-2-8-13(15)17(20-18)14-9-4-6-12-7-5-11-19-16(12)14/h2-3,5,7-8,10-11,14,17,20H,4,6,9,18H2,1H3. The number of thioether (sulfide) groups is 1. The molecule has 1 aliphatic carbocycles. The molecule has 0 aliphatic heterocycles. The normalized spacial score (nSPS) is 19.0. The molecule has 4 heteroatoms. The van der Waals surface area contributed by atoms with Crippen molar-refractivity contribution in [3.8, 4) is 0 Å². The molecule has 0 fully saturated rings. The fourth-order valence-electron chi connectivity index (χ4n) is 3.32. The van der Waals surface area contributed by atoms with Crippen LogP contribution in [0.2, 0.25) is 0 Å². The van der Waals surface area contributed by atoms with Crippen LogP contribution in [-0.2, 0) is 6.42 Å². The zero-order valence-electron chi connectivity index (χ0n) is 12.3. The van der Waals surface area contributed by atoms with Gasteiger partial charge in [0.25, 0.3) is 0 Å². The van der Waals surface area contributed by atoms with E-state index in [0.717, 1.165) is 12.8 Å². The number of benzene rings is 1. The summed E-state index contributed by atoms with van der Waals surface area (Å²) >= 11 is 1.77. The van der Waals surface area contributed by atoms with Gasteiger partial charge >= 0.3 is 0 Å². The number of aryl methyl sites for hydroxylation is 1. The van der Waals surface area contributed by atoms with Crippen LogP contribution in [0.4, 0.5) is 0 Å². The van der Waals surface area contributed by atoms with Gasteiger partial charge in [-0.3, -0.25) is 16.3 Å². The van der Waals surface area contributed by atoms with E-state index in [1.54, 1.807) is 11.8 Å². The molecule has 3 rings (SSSR count). The quantitative estimate of drug-likeness (QED) is 0.516. The van der Waals surface area contributed by atoms with Crippen molar-refractivity contribution in [2.24, 2.45) is 5.84 Å². The molecule has 110 valence electrons. The second kappa shape index (κ2) is 6.60. The second-order valence-corrected chi connectivity index (χ2v) is 6.28. The van der Waals surface area contributed by atoms with Crippen molar-refractivity contribution >= 4 is 11.8 Å². The van der Waals surface area contributed by atoms with Crippen LogP contribution in [0.3, 0.4) is 0 Å². The average molecular weight is 299 g/mol. The van der Waals surface area contributed by atoms with Gasteiger partial charge in [0, 0.05) is 22.7 Å². The third-order valence-corrected chi connectivity index (χ3v) is 5.11. The number of rotatable bonds is 4. The number of aromatic nitrogens is 1. The molecule has 1 aromatic heterocycles. The first-order chi connectivity index (χ1) is 10.3. The fourth-order valence-corrected chi connectivity index (χ4v) is 3.96. The summed E-state index contributed by atoms with van der Waals surface area (Å²) < 4.78 is 0. The van der Waals surface area contributed by atoms with E-state index in [4.69, 9.17) is 5.84 Å². The molecule has 2 atom stereocenters. The molecule has 0 amide bonds. The van der Waals surface area contributed by atoms with E-state index in [2.05, 4.69) is 47.0 Å². The molecule has 0 bridgehead atoms. The molecule has 2 unspecified atom stereocenters. The van der Waals surface area contributed by atoms with E-state index in [9.17, 15) is 0 Å². The molecule has 0 radical (unpaired) electrons. The lowest BCUT2D eigenvalue weighted by molar-refractivity contribution is 0.396. The number of hydrogen-bond donors (Lipinski definition) is 2. The Bertz CT molecular complexity index is 614. The molecule has 2 aromatic rings. The Labute approximate surface area is 130 Å². The summed E-state index contributed by atoms with van der Waals surface area (Å²) in [5, 5.41) is 0. The van der Waals surface area contributed by atoms with Gasteiger partial charge in [0.2, 0.25) is 0 Å². The molecule has 1 aromatic carbocycles. The predicted octanol–water partition coefficient (Wildman–Crippen LogP) is 3.43. The maximum atomic E-state index is 5.93. The van der Waals surface area contributed by atoms with Crippen molar-refractivity contribution < 1.29 is 0 Å². The summed E-state index contributed by atoms with van der Waals surface area (Å²) in [5.41, 5.74) is 6.91. The lowest BCUT2D eigenvalue weighted by Crippen LogP contribution is -2.34. The van der Waals surface area contributed by atoms with Crippen molar-refractivity contribution in [2.45, 2.75) is 36.1 Å². The SMILES string of the molecule is CSc1ccccc1C(NN)C1CCCc2cccnc21. The number of hydrazine groups is 1. The largest absolute Gasteiger partial charge is 0.271 e. The number of nitrogens with two attached hydrogens (primary N) is 1. The molecule has 0 spiro atoms. The average Bonchev–Trinajstić information content (AvgIpc) is 2.56. The summed E-state index contributed by atoms with van der Waals surface area (Å²) in [6, 6.07) is 12.8. The minimum absolute atomic E-state index is 0.114. The third kappa shape index (κ3) is 2.84. The molecule has 0 saturated carbocycles. The number of fused-ring (bicyclic) bond motifs is 1. The Hall–Kier alpha value is -1.36. The van der Waals surface area contributed by atoms with Gasteiger partial charge in [-0.05, 0) is 48.8 Å². The highest BCUT2D eigenvalue weighted by Gasteiger charge is 2.30. The van der Waals surface area contributed by atoms with Crippen LogP contribution in [0.1, 0.15) is 41.6 Å². The lowest BCUT2D eigenvalue weighted by Gasteiger charge is -2.32. The van der Waals surface area contributed by atoms with Crippen LogP contribution in [0, 0.1) is 0 Å². The fraction of sp³-hybridized carbons (Fsp3) is 0.353. The maximum absolute atomic E-state index is 5.93. The minimum atomic E-state index is 0.114.